The fraction of sp³-hybridized carbons (Fsp3) is 0.261. The monoisotopic (exact) mass is 407 g/mol. The van der Waals surface area contributed by atoms with E-state index in [4.69, 9.17) is 4.52 Å². The molecule has 2 amide bonds. The highest BCUT2D eigenvalue weighted by Crippen LogP contribution is 2.36. The van der Waals surface area contributed by atoms with Crippen molar-refractivity contribution in [2.75, 3.05) is 20.1 Å². The third kappa shape index (κ3) is 3.83. The molecule has 1 atom stereocenters. The van der Waals surface area contributed by atoms with Gasteiger partial charge in [0, 0.05) is 43.8 Å². The van der Waals surface area contributed by atoms with Gasteiger partial charge in [-0.15, -0.1) is 0 Å². The zero-order valence-electron chi connectivity index (χ0n) is 16.6. The van der Waals surface area contributed by atoms with Gasteiger partial charge in [-0.2, -0.15) is 0 Å². The molecule has 3 aromatic rings. The van der Waals surface area contributed by atoms with E-state index in [0.29, 0.717) is 36.4 Å². The summed E-state index contributed by atoms with van der Waals surface area (Å²) in [6.45, 7) is 0.688. The summed E-state index contributed by atoms with van der Waals surface area (Å²) < 4.78 is 18.7. The van der Waals surface area contributed by atoms with Crippen molar-refractivity contribution in [1.29, 1.82) is 0 Å². The predicted octanol–water partition coefficient (Wildman–Crippen LogP) is 3.30. The minimum absolute atomic E-state index is 0.144. The molecule has 0 saturated carbocycles. The third-order valence-corrected chi connectivity index (χ3v) is 5.58. The number of aromatic nitrogens is 1. The van der Waals surface area contributed by atoms with Crippen LogP contribution in [0.15, 0.2) is 65.2 Å². The van der Waals surface area contributed by atoms with Crippen molar-refractivity contribution in [3.05, 3.63) is 77.8 Å². The summed E-state index contributed by atoms with van der Waals surface area (Å²) in [4.78, 5) is 27.3. The first-order valence-corrected chi connectivity index (χ1v) is 9.79. The number of rotatable bonds is 5. The maximum Gasteiger partial charge on any atom is 0.253 e. The van der Waals surface area contributed by atoms with Crippen LogP contribution in [0.3, 0.4) is 0 Å². The van der Waals surface area contributed by atoms with E-state index >= 15 is 0 Å². The van der Waals surface area contributed by atoms with Gasteiger partial charge < -0.3 is 14.7 Å². The molecule has 0 radical (unpaired) electrons. The quantitative estimate of drug-likeness (QED) is 0.704. The van der Waals surface area contributed by atoms with E-state index in [1.165, 1.54) is 24.3 Å². The summed E-state index contributed by atoms with van der Waals surface area (Å²) in [6.07, 6.45) is 0.834. The molecular weight excluding hydrogens is 385 g/mol. The maximum atomic E-state index is 13.2. The molecule has 1 aliphatic rings. The van der Waals surface area contributed by atoms with Crippen LogP contribution in [0.5, 0.6) is 0 Å². The number of amides is 2. The molecule has 4 rings (SSSR count). The van der Waals surface area contributed by atoms with Gasteiger partial charge in [0.25, 0.3) is 5.91 Å². The second kappa shape index (κ2) is 8.10. The molecule has 2 aromatic carbocycles. The van der Waals surface area contributed by atoms with Crippen molar-refractivity contribution in [2.24, 2.45) is 5.41 Å². The summed E-state index contributed by atoms with van der Waals surface area (Å²) in [7, 11) is 1.59. The Bertz CT molecular complexity index is 1050. The lowest BCUT2D eigenvalue weighted by atomic mass is 9.81. The summed E-state index contributed by atoms with van der Waals surface area (Å²) in [6, 6.07) is 16.9. The normalized spacial score (nSPS) is 18.4. The lowest BCUT2D eigenvalue weighted by Crippen LogP contribution is -2.44. The van der Waals surface area contributed by atoms with Crippen LogP contribution in [0, 0.1) is 11.2 Å². The van der Waals surface area contributed by atoms with Gasteiger partial charge in [0.15, 0.2) is 0 Å². The van der Waals surface area contributed by atoms with Gasteiger partial charge in [0.05, 0.1) is 5.41 Å². The smallest absolute Gasteiger partial charge is 0.253 e. The van der Waals surface area contributed by atoms with E-state index in [0.717, 1.165) is 5.56 Å². The van der Waals surface area contributed by atoms with Crippen LogP contribution in [-0.4, -0.2) is 42.0 Å². The molecule has 1 aliphatic heterocycles. The van der Waals surface area contributed by atoms with E-state index in [2.05, 4.69) is 10.5 Å². The van der Waals surface area contributed by atoms with Crippen LogP contribution in [-0.2, 0) is 11.2 Å². The number of hydrogen-bond donors (Lipinski definition) is 1. The number of nitrogens with one attached hydrogen (secondary N) is 1. The van der Waals surface area contributed by atoms with Crippen molar-refractivity contribution in [2.45, 2.75) is 12.8 Å². The molecule has 154 valence electrons. The van der Waals surface area contributed by atoms with Crippen molar-refractivity contribution in [1.82, 2.24) is 15.4 Å². The van der Waals surface area contributed by atoms with Gasteiger partial charge in [-0.1, -0.05) is 35.5 Å². The highest BCUT2D eigenvalue weighted by atomic mass is 19.1. The van der Waals surface area contributed by atoms with Gasteiger partial charge >= 0.3 is 0 Å². The molecule has 6 nitrogen and oxygen atoms in total. The molecule has 7 heteroatoms. The number of benzene rings is 2. The van der Waals surface area contributed by atoms with Gasteiger partial charge in [-0.3, -0.25) is 9.59 Å². The van der Waals surface area contributed by atoms with Crippen molar-refractivity contribution in [3.63, 3.8) is 0 Å². The molecule has 1 fully saturated rings. The van der Waals surface area contributed by atoms with Gasteiger partial charge in [0.1, 0.15) is 17.3 Å². The standard InChI is InChI=1S/C23H22FN3O3/c1-25-22(29)23(14-19-13-20(26-30-19)16-5-3-2-4-6-16)11-12-27(15-23)21(28)17-7-9-18(24)10-8-17/h2-10,13H,11-12,14-15H2,1H3,(H,25,29). The topological polar surface area (TPSA) is 75.4 Å². The van der Waals surface area contributed by atoms with Gasteiger partial charge in [-0.25, -0.2) is 4.39 Å². The Hall–Kier alpha value is -3.48. The summed E-state index contributed by atoms with van der Waals surface area (Å²) in [5.41, 5.74) is 1.23. The van der Waals surface area contributed by atoms with Crippen LogP contribution in [0.25, 0.3) is 11.3 Å². The minimum Gasteiger partial charge on any atom is -0.361 e. The molecule has 1 N–H and O–H groups in total. The molecule has 1 unspecified atom stereocenters. The second-order valence-electron chi connectivity index (χ2n) is 7.56. The van der Waals surface area contributed by atoms with Crippen LogP contribution < -0.4 is 5.32 Å². The van der Waals surface area contributed by atoms with Crippen LogP contribution in [0.1, 0.15) is 22.5 Å². The average molecular weight is 407 g/mol. The highest BCUT2D eigenvalue weighted by molar-refractivity contribution is 5.95. The SMILES string of the molecule is CNC(=O)C1(Cc2cc(-c3ccccc3)no2)CCN(C(=O)c2ccc(F)cc2)C1. The second-order valence-corrected chi connectivity index (χ2v) is 7.56. The number of halogens is 1. The maximum absolute atomic E-state index is 13.2. The first-order chi connectivity index (χ1) is 14.5. The van der Waals surface area contributed by atoms with E-state index < -0.39 is 11.2 Å². The molecule has 30 heavy (non-hydrogen) atoms. The highest BCUT2D eigenvalue weighted by Gasteiger charge is 2.46. The Morgan fingerprint density at radius 3 is 2.60 bits per heavy atom. The largest absolute Gasteiger partial charge is 0.361 e. The summed E-state index contributed by atoms with van der Waals surface area (Å²) in [5.74, 6) is -0.168. The molecule has 2 heterocycles. The van der Waals surface area contributed by atoms with E-state index in [9.17, 15) is 14.0 Å². The molecule has 0 bridgehead atoms. The fourth-order valence-corrected chi connectivity index (χ4v) is 3.97. The van der Waals surface area contributed by atoms with E-state index in [1.807, 2.05) is 36.4 Å². The molecule has 1 aromatic heterocycles. The first kappa shape index (κ1) is 19.8. The number of carbonyl (C=O) groups excluding carboxylic acids is 2. The summed E-state index contributed by atoms with van der Waals surface area (Å²) >= 11 is 0. The number of likely N-dealkylation sites (tertiary alicyclic amines) is 1. The number of carbonyl (C=O) groups is 2. The van der Waals surface area contributed by atoms with E-state index in [-0.39, 0.29) is 18.4 Å². The Kier molecular flexibility index (Phi) is 5.35. The summed E-state index contributed by atoms with van der Waals surface area (Å²) in [5, 5.41) is 6.86. The van der Waals surface area contributed by atoms with Crippen molar-refractivity contribution in [3.8, 4) is 11.3 Å². The number of hydrogen-bond acceptors (Lipinski definition) is 4. The molecular formula is C23H22FN3O3. The zero-order chi connectivity index (χ0) is 21.1. The van der Waals surface area contributed by atoms with Crippen molar-refractivity contribution >= 4 is 11.8 Å². The molecule has 0 aliphatic carbocycles. The Morgan fingerprint density at radius 1 is 1.17 bits per heavy atom. The van der Waals surface area contributed by atoms with Crippen LogP contribution in [0.2, 0.25) is 0 Å². The Labute approximate surface area is 173 Å². The minimum atomic E-state index is -0.808. The fourth-order valence-electron chi connectivity index (χ4n) is 3.97. The van der Waals surface area contributed by atoms with E-state index in [1.54, 1.807) is 11.9 Å². The van der Waals surface area contributed by atoms with Crippen LogP contribution in [0.4, 0.5) is 4.39 Å². The lowest BCUT2D eigenvalue weighted by Gasteiger charge is -2.26. The Morgan fingerprint density at radius 2 is 1.90 bits per heavy atom. The van der Waals surface area contributed by atoms with Crippen molar-refractivity contribution < 1.29 is 18.5 Å². The third-order valence-electron chi connectivity index (χ3n) is 5.58. The first-order valence-electron chi connectivity index (χ1n) is 9.79. The zero-order valence-corrected chi connectivity index (χ0v) is 16.6. The number of nitrogens with zero attached hydrogens (tertiary/aromatic N) is 2. The van der Waals surface area contributed by atoms with Gasteiger partial charge in [-0.05, 0) is 30.7 Å². The Balaban J connectivity index is 1.54. The molecule has 1 saturated heterocycles. The lowest BCUT2D eigenvalue weighted by molar-refractivity contribution is -0.130. The van der Waals surface area contributed by atoms with Crippen LogP contribution >= 0.6 is 0 Å². The van der Waals surface area contributed by atoms with Gasteiger partial charge in [0.2, 0.25) is 5.91 Å². The average Bonchev–Trinajstić information content (AvgIpc) is 3.42. The molecule has 0 spiro atoms. The predicted molar refractivity (Wildman–Crippen MR) is 109 cm³/mol.